The summed E-state index contributed by atoms with van der Waals surface area (Å²) in [6, 6.07) is 20.5. The SMILES string of the molecule is COc1ccc(C)cc1NC(=O)CSc1ncc2c(n1)-c1ccccc1N(Cc1ccccc1C)S2(=O)=O. The molecule has 38 heavy (non-hydrogen) atoms. The number of nitrogens with zero attached hydrogens (tertiary/aromatic N) is 3. The molecule has 0 spiro atoms. The first-order valence-electron chi connectivity index (χ1n) is 11.9. The highest BCUT2D eigenvalue weighted by Crippen LogP contribution is 2.43. The van der Waals surface area contributed by atoms with Gasteiger partial charge in [0.15, 0.2) is 5.16 Å². The number of methoxy groups -OCH3 is 1. The molecule has 0 fully saturated rings. The number of rotatable bonds is 7. The number of fused-ring (bicyclic) bond motifs is 3. The minimum atomic E-state index is -3.91. The third kappa shape index (κ3) is 4.97. The molecule has 4 aromatic rings. The number of sulfonamides is 1. The zero-order valence-electron chi connectivity index (χ0n) is 21.1. The summed E-state index contributed by atoms with van der Waals surface area (Å²) in [5.41, 5.74) is 5.08. The van der Waals surface area contributed by atoms with Gasteiger partial charge in [0.1, 0.15) is 10.6 Å². The van der Waals surface area contributed by atoms with Crippen molar-refractivity contribution in [1.29, 1.82) is 0 Å². The van der Waals surface area contributed by atoms with Crippen LogP contribution in [0, 0.1) is 13.8 Å². The molecule has 1 aliphatic rings. The van der Waals surface area contributed by atoms with Crippen LogP contribution in [0.2, 0.25) is 0 Å². The van der Waals surface area contributed by atoms with Gasteiger partial charge < -0.3 is 10.1 Å². The van der Waals surface area contributed by atoms with E-state index in [0.717, 1.165) is 28.5 Å². The van der Waals surface area contributed by atoms with Crippen molar-refractivity contribution in [3.63, 3.8) is 0 Å². The van der Waals surface area contributed by atoms with E-state index < -0.39 is 10.0 Å². The zero-order valence-corrected chi connectivity index (χ0v) is 22.8. The molecule has 8 nitrogen and oxygen atoms in total. The smallest absolute Gasteiger partial charge is 0.268 e. The summed E-state index contributed by atoms with van der Waals surface area (Å²) in [5.74, 6) is 0.359. The van der Waals surface area contributed by atoms with Crippen LogP contribution >= 0.6 is 11.8 Å². The minimum Gasteiger partial charge on any atom is -0.495 e. The lowest BCUT2D eigenvalue weighted by atomic mass is 10.1. The fourth-order valence-electron chi connectivity index (χ4n) is 4.29. The van der Waals surface area contributed by atoms with Crippen LogP contribution in [0.15, 0.2) is 83.0 Å². The molecule has 0 saturated heterocycles. The maximum atomic E-state index is 13.7. The highest BCUT2D eigenvalue weighted by atomic mass is 32.2. The van der Waals surface area contributed by atoms with Gasteiger partial charge in [-0.05, 0) is 48.7 Å². The number of ether oxygens (including phenoxy) is 1. The Morgan fingerprint density at radius 3 is 2.61 bits per heavy atom. The monoisotopic (exact) mass is 546 g/mol. The second kappa shape index (κ2) is 10.5. The molecule has 1 aromatic heterocycles. The molecule has 0 bridgehead atoms. The number of nitrogens with one attached hydrogen (secondary N) is 1. The van der Waals surface area contributed by atoms with E-state index in [1.54, 1.807) is 19.2 Å². The van der Waals surface area contributed by atoms with Crippen molar-refractivity contribution in [2.45, 2.75) is 30.4 Å². The third-order valence-corrected chi connectivity index (χ3v) is 8.89. The Morgan fingerprint density at radius 2 is 1.82 bits per heavy atom. The summed E-state index contributed by atoms with van der Waals surface area (Å²) < 4.78 is 34.2. The summed E-state index contributed by atoms with van der Waals surface area (Å²) in [6.07, 6.45) is 1.34. The van der Waals surface area contributed by atoms with Crippen LogP contribution in [0.1, 0.15) is 16.7 Å². The van der Waals surface area contributed by atoms with Gasteiger partial charge in [-0.15, -0.1) is 0 Å². The maximum absolute atomic E-state index is 13.7. The van der Waals surface area contributed by atoms with Gasteiger partial charge in [-0.25, -0.2) is 18.4 Å². The van der Waals surface area contributed by atoms with E-state index >= 15 is 0 Å². The number of hydrogen-bond acceptors (Lipinski definition) is 7. The van der Waals surface area contributed by atoms with Gasteiger partial charge in [-0.2, -0.15) is 0 Å². The van der Waals surface area contributed by atoms with Crippen molar-refractivity contribution in [2.24, 2.45) is 0 Å². The molecule has 1 amide bonds. The Kier molecular flexibility index (Phi) is 7.09. The van der Waals surface area contributed by atoms with Crippen LogP contribution in [0.3, 0.4) is 0 Å². The fraction of sp³-hybridized carbons (Fsp3) is 0.179. The molecule has 0 atom stereocenters. The Balaban J connectivity index is 1.41. The number of benzene rings is 3. The lowest BCUT2D eigenvalue weighted by Gasteiger charge is -2.31. The van der Waals surface area contributed by atoms with E-state index in [-0.39, 0.29) is 23.1 Å². The Hall–Kier alpha value is -3.89. The number of aromatic nitrogens is 2. The molecular weight excluding hydrogens is 520 g/mol. The Morgan fingerprint density at radius 1 is 1.05 bits per heavy atom. The highest BCUT2D eigenvalue weighted by Gasteiger charge is 2.36. The molecule has 1 aliphatic heterocycles. The molecule has 0 unspecified atom stereocenters. The van der Waals surface area contributed by atoms with Crippen LogP contribution in [-0.2, 0) is 21.4 Å². The van der Waals surface area contributed by atoms with Gasteiger partial charge in [-0.3, -0.25) is 9.10 Å². The molecule has 1 N–H and O–H groups in total. The maximum Gasteiger partial charge on any atom is 0.268 e. The quantitative estimate of drug-likeness (QED) is 0.251. The molecule has 0 aliphatic carbocycles. The zero-order chi connectivity index (χ0) is 26.9. The van der Waals surface area contributed by atoms with Crippen molar-refractivity contribution in [2.75, 3.05) is 22.5 Å². The number of aryl methyl sites for hydroxylation is 2. The number of carbonyl (C=O) groups is 1. The van der Waals surface area contributed by atoms with Gasteiger partial charge >= 0.3 is 0 Å². The number of carbonyl (C=O) groups excluding carboxylic acids is 1. The molecule has 0 saturated carbocycles. The van der Waals surface area contributed by atoms with E-state index in [4.69, 9.17) is 4.74 Å². The normalized spacial score (nSPS) is 13.4. The summed E-state index contributed by atoms with van der Waals surface area (Å²) >= 11 is 1.13. The lowest BCUT2D eigenvalue weighted by Crippen LogP contribution is -2.34. The highest BCUT2D eigenvalue weighted by molar-refractivity contribution is 7.99. The van der Waals surface area contributed by atoms with Crippen LogP contribution in [0.4, 0.5) is 11.4 Å². The van der Waals surface area contributed by atoms with E-state index in [9.17, 15) is 13.2 Å². The molecule has 10 heteroatoms. The first-order chi connectivity index (χ1) is 18.3. The number of anilines is 2. The van der Waals surface area contributed by atoms with E-state index in [1.165, 1.54) is 10.5 Å². The van der Waals surface area contributed by atoms with Gasteiger partial charge in [-0.1, -0.05) is 60.3 Å². The molecule has 2 heterocycles. The summed E-state index contributed by atoms with van der Waals surface area (Å²) in [6.45, 7) is 4.09. The summed E-state index contributed by atoms with van der Waals surface area (Å²) in [7, 11) is -2.36. The average Bonchev–Trinajstić information content (AvgIpc) is 2.91. The number of hydrogen-bond donors (Lipinski definition) is 1. The lowest BCUT2D eigenvalue weighted by molar-refractivity contribution is -0.113. The standard InChI is InChI=1S/C28H26N4O4S2/c1-18-12-13-24(36-3)22(14-18)30-26(33)17-37-28-29-15-25-27(31-28)21-10-6-7-11-23(21)32(38(25,34)35)16-20-9-5-4-8-19(20)2/h4-15H,16-17H2,1-3H3,(H,30,33). The van der Waals surface area contributed by atoms with Crippen LogP contribution in [0.5, 0.6) is 5.75 Å². The van der Waals surface area contributed by atoms with Gasteiger partial charge in [0, 0.05) is 5.56 Å². The van der Waals surface area contributed by atoms with E-state index in [1.807, 2.05) is 68.4 Å². The topological polar surface area (TPSA) is 101 Å². The van der Waals surface area contributed by atoms with Crippen molar-refractivity contribution in [1.82, 2.24) is 9.97 Å². The molecule has 0 radical (unpaired) electrons. The van der Waals surface area contributed by atoms with Crippen molar-refractivity contribution < 1.29 is 17.9 Å². The summed E-state index contributed by atoms with van der Waals surface area (Å²) in [5, 5.41) is 3.17. The fourth-order valence-corrected chi connectivity index (χ4v) is 6.46. The average molecular weight is 547 g/mol. The van der Waals surface area contributed by atoms with Gasteiger partial charge in [0.25, 0.3) is 10.0 Å². The second-order valence-corrected chi connectivity index (χ2v) is 11.6. The predicted octanol–water partition coefficient (Wildman–Crippen LogP) is 5.21. The van der Waals surface area contributed by atoms with E-state index in [0.29, 0.717) is 33.5 Å². The Labute approximate surface area is 226 Å². The predicted molar refractivity (Wildman–Crippen MR) is 149 cm³/mol. The van der Waals surface area contributed by atoms with Crippen LogP contribution in [-0.4, -0.2) is 37.2 Å². The minimum absolute atomic E-state index is 0.0445. The number of amides is 1. The second-order valence-electron chi connectivity index (χ2n) is 8.86. The molecule has 5 rings (SSSR count). The van der Waals surface area contributed by atoms with Crippen molar-refractivity contribution in [3.8, 4) is 17.0 Å². The van der Waals surface area contributed by atoms with E-state index in [2.05, 4.69) is 15.3 Å². The van der Waals surface area contributed by atoms with Crippen LogP contribution in [0.25, 0.3) is 11.3 Å². The number of thioether (sulfide) groups is 1. The van der Waals surface area contributed by atoms with Gasteiger partial charge in [0.05, 0.1) is 42.7 Å². The molecule has 3 aromatic carbocycles. The molecular formula is C28H26N4O4S2. The van der Waals surface area contributed by atoms with Crippen molar-refractivity contribution >= 4 is 39.1 Å². The summed E-state index contributed by atoms with van der Waals surface area (Å²) in [4.78, 5) is 21.6. The molecule has 194 valence electrons. The van der Waals surface area contributed by atoms with Crippen LogP contribution < -0.4 is 14.4 Å². The Bertz CT molecular complexity index is 1640. The third-order valence-electron chi connectivity index (χ3n) is 6.27. The van der Waals surface area contributed by atoms with Crippen molar-refractivity contribution in [3.05, 3.63) is 89.6 Å². The first-order valence-corrected chi connectivity index (χ1v) is 14.3. The number of para-hydroxylation sites is 1. The largest absolute Gasteiger partial charge is 0.495 e. The first kappa shape index (κ1) is 25.7. The van der Waals surface area contributed by atoms with Gasteiger partial charge in [0.2, 0.25) is 5.91 Å².